The fraction of sp³-hybridized carbons (Fsp3) is 0.412. The van der Waals surface area contributed by atoms with E-state index in [9.17, 15) is 21.6 Å². The highest BCUT2D eigenvalue weighted by Crippen LogP contribution is 2.35. The molecule has 1 aromatic carbocycles. The van der Waals surface area contributed by atoms with E-state index >= 15 is 0 Å². The van der Waals surface area contributed by atoms with Crippen molar-refractivity contribution in [3.8, 4) is 6.07 Å². The standard InChI is InChI=1S/C17H18F3N5O2S/c18-17(19,20)28(26,27)24-9-13-4-1-2-6-16(13)25(10-14-8-22-12-23-14)15(11-24)5-3-7-21/h1-2,4,6,8,12,15H,3,5,9-11H2,(H,22,23)/t15-/m1/s1. The van der Waals surface area contributed by atoms with Gasteiger partial charge in [0, 0.05) is 37.4 Å². The van der Waals surface area contributed by atoms with Gasteiger partial charge in [0.15, 0.2) is 0 Å². The van der Waals surface area contributed by atoms with Gasteiger partial charge < -0.3 is 9.88 Å². The molecule has 1 N–H and O–H groups in total. The lowest BCUT2D eigenvalue weighted by atomic mass is 10.1. The molecule has 0 amide bonds. The highest BCUT2D eigenvalue weighted by molar-refractivity contribution is 7.89. The highest BCUT2D eigenvalue weighted by atomic mass is 32.2. The fourth-order valence-corrected chi connectivity index (χ4v) is 4.26. The number of anilines is 1. The van der Waals surface area contributed by atoms with Crippen molar-refractivity contribution in [3.63, 3.8) is 0 Å². The van der Waals surface area contributed by atoms with E-state index in [0.29, 0.717) is 22.1 Å². The van der Waals surface area contributed by atoms with Crippen molar-refractivity contribution in [2.45, 2.75) is 37.5 Å². The molecule has 1 aliphatic heterocycles. The molecule has 11 heteroatoms. The summed E-state index contributed by atoms with van der Waals surface area (Å²) in [6, 6.07) is 8.13. The van der Waals surface area contributed by atoms with E-state index in [2.05, 4.69) is 9.97 Å². The number of hydrogen-bond acceptors (Lipinski definition) is 5. The minimum atomic E-state index is -5.51. The van der Waals surface area contributed by atoms with Crippen molar-refractivity contribution in [2.75, 3.05) is 11.4 Å². The number of halogens is 3. The molecule has 3 rings (SSSR count). The average Bonchev–Trinajstić information content (AvgIpc) is 3.09. The summed E-state index contributed by atoms with van der Waals surface area (Å²) in [7, 11) is -5.51. The van der Waals surface area contributed by atoms with Crippen LogP contribution < -0.4 is 4.90 Å². The molecule has 0 fully saturated rings. The number of hydrogen-bond donors (Lipinski definition) is 1. The first-order valence-electron chi connectivity index (χ1n) is 8.49. The predicted molar refractivity (Wildman–Crippen MR) is 95.2 cm³/mol. The number of nitrogens with zero attached hydrogens (tertiary/aromatic N) is 4. The number of alkyl halides is 3. The minimum absolute atomic E-state index is 0.0895. The summed E-state index contributed by atoms with van der Waals surface area (Å²) < 4.78 is 64.3. The van der Waals surface area contributed by atoms with Gasteiger partial charge in [0.05, 0.1) is 24.6 Å². The average molecular weight is 413 g/mol. The summed E-state index contributed by atoms with van der Waals surface area (Å²) in [6.07, 6.45) is 3.40. The molecule has 1 aromatic heterocycles. The number of fused-ring (bicyclic) bond motifs is 1. The molecular weight excluding hydrogens is 395 g/mol. The molecule has 1 aliphatic rings. The van der Waals surface area contributed by atoms with E-state index in [0.717, 1.165) is 5.69 Å². The van der Waals surface area contributed by atoms with Gasteiger partial charge in [0.2, 0.25) is 0 Å². The predicted octanol–water partition coefficient (Wildman–Crippen LogP) is 2.75. The summed E-state index contributed by atoms with van der Waals surface area (Å²) in [5.41, 5.74) is -3.56. The van der Waals surface area contributed by atoms with Crippen LogP contribution in [0.3, 0.4) is 0 Å². The Morgan fingerprint density at radius 2 is 2.07 bits per heavy atom. The smallest absolute Gasteiger partial charge is 0.361 e. The molecule has 0 bridgehead atoms. The lowest BCUT2D eigenvalue weighted by molar-refractivity contribution is -0.0492. The van der Waals surface area contributed by atoms with Crippen LogP contribution in [0.25, 0.3) is 0 Å². The Hall–Kier alpha value is -2.58. The molecule has 0 saturated heterocycles. The zero-order valence-corrected chi connectivity index (χ0v) is 15.5. The maximum Gasteiger partial charge on any atom is 0.511 e. The molecule has 0 radical (unpaired) electrons. The lowest BCUT2D eigenvalue weighted by Gasteiger charge is -2.33. The van der Waals surface area contributed by atoms with Gasteiger partial charge in [-0.25, -0.2) is 13.4 Å². The Kier molecular flexibility index (Phi) is 5.62. The first kappa shape index (κ1) is 20.2. The van der Waals surface area contributed by atoms with Crippen LogP contribution in [0.5, 0.6) is 0 Å². The van der Waals surface area contributed by atoms with Gasteiger partial charge in [0.1, 0.15) is 0 Å². The first-order valence-corrected chi connectivity index (χ1v) is 9.93. The number of H-pyrrole nitrogens is 1. The summed E-state index contributed by atoms with van der Waals surface area (Å²) in [4.78, 5) is 8.74. The lowest BCUT2D eigenvalue weighted by Crippen LogP contribution is -2.46. The van der Waals surface area contributed by atoms with Crippen LogP contribution in [-0.2, 0) is 23.1 Å². The number of rotatable bonds is 5. The Morgan fingerprint density at radius 3 is 2.71 bits per heavy atom. The van der Waals surface area contributed by atoms with Gasteiger partial charge in [-0.15, -0.1) is 0 Å². The Morgan fingerprint density at radius 1 is 1.32 bits per heavy atom. The van der Waals surface area contributed by atoms with Crippen LogP contribution in [0.1, 0.15) is 24.1 Å². The van der Waals surface area contributed by atoms with Crippen LogP contribution in [0.15, 0.2) is 36.8 Å². The van der Waals surface area contributed by atoms with E-state index in [1.807, 2.05) is 11.0 Å². The van der Waals surface area contributed by atoms with Crippen molar-refractivity contribution in [1.29, 1.82) is 5.26 Å². The van der Waals surface area contributed by atoms with Gasteiger partial charge in [-0.2, -0.15) is 22.7 Å². The summed E-state index contributed by atoms with van der Waals surface area (Å²) in [5, 5.41) is 8.96. The number of imidazole rings is 1. The topological polar surface area (TPSA) is 93.1 Å². The molecule has 7 nitrogen and oxygen atoms in total. The van der Waals surface area contributed by atoms with Gasteiger partial charge in [-0.3, -0.25) is 0 Å². The van der Waals surface area contributed by atoms with Gasteiger partial charge in [0.25, 0.3) is 0 Å². The summed E-state index contributed by atoms with van der Waals surface area (Å²) in [6.45, 7) is -0.458. The molecule has 0 aliphatic carbocycles. The zero-order chi connectivity index (χ0) is 20.4. The van der Waals surface area contributed by atoms with Crippen molar-refractivity contribution in [1.82, 2.24) is 14.3 Å². The fourth-order valence-electron chi connectivity index (χ4n) is 3.29. The maximum absolute atomic E-state index is 13.2. The SMILES string of the molecule is N#CCC[C@@H]1CN(S(=O)(=O)C(F)(F)F)Cc2ccccc2N1Cc1cnc[nH]1. The van der Waals surface area contributed by atoms with Gasteiger partial charge in [-0.1, -0.05) is 18.2 Å². The second-order valence-corrected chi connectivity index (χ2v) is 8.36. The van der Waals surface area contributed by atoms with Crippen LogP contribution >= 0.6 is 0 Å². The van der Waals surface area contributed by atoms with Crippen molar-refractivity contribution in [2.24, 2.45) is 0 Å². The zero-order valence-electron chi connectivity index (χ0n) is 14.7. The van der Waals surface area contributed by atoms with Crippen molar-refractivity contribution < 1.29 is 21.6 Å². The molecule has 2 aromatic rings. The Balaban J connectivity index is 2.06. The number of nitriles is 1. The summed E-state index contributed by atoms with van der Waals surface area (Å²) >= 11 is 0. The van der Waals surface area contributed by atoms with Gasteiger partial charge >= 0.3 is 15.5 Å². The van der Waals surface area contributed by atoms with Gasteiger partial charge in [-0.05, 0) is 18.1 Å². The number of aromatic nitrogens is 2. The van der Waals surface area contributed by atoms with E-state index in [1.54, 1.807) is 30.5 Å². The van der Waals surface area contributed by atoms with E-state index in [4.69, 9.17) is 5.26 Å². The third-order valence-corrected chi connectivity index (χ3v) is 6.16. The number of benzene rings is 1. The van der Waals surface area contributed by atoms with Crippen molar-refractivity contribution >= 4 is 15.7 Å². The number of aromatic amines is 1. The largest absolute Gasteiger partial charge is 0.511 e. The molecule has 2 heterocycles. The number of nitrogens with one attached hydrogen (secondary N) is 1. The Labute approximate surface area is 160 Å². The third-order valence-electron chi connectivity index (χ3n) is 4.62. The maximum atomic E-state index is 13.2. The quantitative estimate of drug-likeness (QED) is 0.814. The van der Waals surface area contributed by atoms with Crippen LogP contribution in [0.2, 0.25) is 0 Å². The molecule has 28 heavy (non-hydrogen) atoms. The Bertz CT molecular complexity index is 954. The number of para-hydroxylation sites is 1. The molecule has 0 spiro atoms. The molecule has 0 saturated carbocycles. The highest BCUT2D eigenvalue weighted by Gasteiger charge is 2.51. The van der Waals surface area contributed by atoms with E-state index in [-0.39, 0.29) is 25.9 Å². The van der Waals surface area contributed by atoms with Crippen LogP contribution in [-0.4, -0.2) is 40.8 Å². The van der Waals surface area contributed by atoms with E-state index in [1.165, 1.54) is 6.33 Å². The molecular formula is C17H18F3N5O2S. The first-order chi connectivity index (χ1) is 13.2. The van der Waals surface area contributed by atoms with Crippen LogP contribution in [0.4, 0.5) is 18.9 Å². The summed E-state index contributed by atoms with van der Waals surface area (Å²) in [5.74, 6) is 0. The normalized spacial score (nSPS) is 18.4. The molecule has 150 valence electrons. The molecule has 1 atom stereocenters. The number of sulfonamides is 1. The third kappa shape index (κ3) is 3.98. The van der Waals surface area contributed by atoms with Crippen molar-refractivity contribution in [3.05, 3.63) is 48.0 Å². The second-order valence-electron chi connectivity index (χ2n) is 6.43. The molecule has 0 unspecified atom stereocenters. The monoisotopic (exact) mass is 413 g/mol. The van der Waals surface area contributed by atoms with E-state index < -0.39 is 21.6 Å². The minimum Gasteiger partial charge on any atom is -0.361 e. The van der Waals surface area contributed by atoms with Crippen LogP contribution in [0, 0.1) is 11.3 Å². The second kappa shape index (κ2) is 7.81.